The zero-order valence-corrected chi connectivity index (χ0v) is 22.7. The number of nitrogens with zero attached hydrogens (tertiary/aromatic N) is 1. The SMILES string of the molecule is CCNC(=NCc1ccc(OC)c(NC(C)=O)c1)NC(C)c1ccc(OCC(C)C)cc1.I. The number of nitrogens with one attached hydrogen (secondary N) is 3. The van der Waals surface area contributed by atoms with E-state index in [1.54, 1.807) is 7.11 Å². The Kier molecular flexibility index (Phi) is 12.6. The van der Waals surface area contributed by atoms with Gasteiger partial charge in [-0.15, -0.1) is 24.0 Å². The number of benzene rings is 2. The van der Waals surface area contributed by atoms with Gasteiger partial charge in [0.15, 0.2) is 5.96 Å². The van der Waals surface area contributed by atoms with Gasteiger partial charge in [0.1, 0.15) is 11.5 Å². The van der Waals surface area contributed by atoms with E-state index in [0.717, 1.165) is 29.4 Å². The van der Waals surface area contributed by atoms with E-state index in [0.29, 0.717) is 30.5 Å². The van der Waals surface area contributed by atoms with E-state index in [1.165, 1.54) is 6.92 Å². The van der Waals surface area contributed by atoms with Gasteiger partial charge in [-0.3, -0.25) is 4.79 Å². The molecule has 1 amide bonds. The number of aliphatic imine (C=N–C) groups is 1. The summed E-state index contributed by atoms with van der Waals surface area (Å²) >= 11 is 0. The van der Waals surface area contributed by atoms with Crippen LogP contribution in [-0.4, -0.2) is 32.1 Å². The standard InChI is InChI=1S/C25H36N4O3.HI/c1-7-26-25(27-15-20-8-13-24(31-6)23(14-20)29-19(5)30)28-18(4)21-9-11-22(12-10-21)32-16-17(2)3;/h8-14,17-18H,7,15-16H2,1-6H3,(H,29,30)(H2,26,27,28);1H. The highest BCUT2D eigenvalue weighted by Crippen LogP contribution is 2.26. The van der Waals surface area contributed by atoms with Gasteiger partial charge in [0, 0.05) is 13.5 Å². The van der Waals surface area contributed by atoms with Gasteiger partial charge >= 0.3 is 0 Å². The molecule has 0 spiro atoms. The van der Waals surface area contributed by atoms with Crippen LogP contribution < -0.4 is 25.4 Å². The highest BCUT2D eigenvalue weighted by atomic mass is 127. The minimum Gasteiger partial charge on any atom is -0.495 e. The van der Waals surface area contributed by atoms with Gasteiger partial charge in [-0.1, -0.05) is 32.0 Å². The molecule has 0 fully saturated rings. The van der Waals surface area contributed by atoms with Crippen molar-refractivity contribution in [1.29, 1.82) is 0 Å². The van der Waals surface area contributed by atoms with Crippen LogP contribution in [0.3, 0.4) is 0 Å². The van der Waals surface area contributed by atoms with Crippen LogP contribution in [0.4, 0.5) is 5.69 Å². The lowest BCUT2D eigenvalue weighted by Gasteiger charge is -2.19. The Bertz CT molecular complexity index is 901. The predicted molar refractivity (Wildman–Crippen MR) is 146 cm³/mol. The van der Waals surface area contributed by atoms with Crippen LogP contribution in [0.5, 0.6) is 11.5 Å². The zero-order chi connectivity index (χ0) is 23.5. The minimum absolute atomic E-state index is 0. The number of carbonyl (C=O) groups is 1. The summed E-state index contributed by atoms with van der Waals surface area (Å²) in [6, 6.07) is 13.9. The summed E-state index contributed by atoms with van der Waals surface area (Å²) in [6.07, 6.45) is 0. The summed E-state index contributed by atoms with van der Waals surface area (Å²) in [4.78, 5) is 16.2. The van der Waals surface area contributed by atoms with Gasteiger partial charge in [-0.2, -0.15) is 0 Å². The second kappa shape index (κ2) is 14.6. The first-order valence-electron chi connectivity index (χ1n) is 11.0. The fourth-order valence-electron chi connectivity index (χ4n) is 3.04. The van der Waals surface area contributed by atoms with Crippen molar-refractivity contribution in [1.82, 2.24) is 10.6 Å². The third-order valence-electron chi connectivity index (χ3n) is 4.66. The van der Waals surface area contributed by atoms with Crippen molar-refractivity contribution in [3.8, 4) is 11.5 Å². The molecule has 0 bridgehead atoms. The molecular weight excluding hydrogens is 531 g/mol. The van der Waals surface area contributed by atoms with Crippen LogP contribution in [-0.2, 0) is 11.3 Å². The molecule has 2 rings (SSSR count). The number of rotatable bonds is 10. The van der Waals surface area contributed by atoms with Gasteiger partial charge in [0.25, 0.3) is 0 Å². The number of methoxy groups -OCH3 is 1. The topological polar surface area (TPSA) is 84.0 Å². The number of hydrogen-bond donors (Lipinski definition) is 3. The molecule has 0 aromatic heterocycles. The summed E-state index contributed by atoms with van der Waals surface area (Å²) in [5, 5.41) is 9.53. The molecule has 2 aromatic carbocycles. The van der Waals surface area contributed by atoms with Crippen LogP contribution in [0, 0.1) is 5.92 Å². The first-order valence-corrected chi connectivity index (χ1v) is 11.0. The number of amides is 1. The zero-order valence-electron chi connectivity index (χ0n) is 20.4. The van der Waals surface area contributed by atoms with Crippen molar-refractivity contribution < 1.29 is 14.3 Å². The maximum Gasteiger partial charge on any atom is 0.221 e. The molecule has 3 N–H and O–H groups in total. The summed E-state index contributed by atoms with van der Waals surface area (Å²) < 4.78 is 11.1. The number of hydrogen-bond acceptors (Lipinski definition) is 4. The van der Waals surface area contributed by atoms with E-state index in [-0.39, 0.29) is 35.9 Å². The number of halogens is 1. The van der Waals surface area contributed by atoms with Crippen LogP contribution in [0.25, 0.3) is 0 Å². The molecule has 0 aliphatic carbocycles. The molecule has 0 saturated carbocycles. The molecule has 0 heterocycles. The lowest BCUT2D eigenvalue weighted by atomic mass is 10.1. The average molecular weight is 569 g/mol. The maximum absolute atomic E-state index is 11.5. The van der Waals surface area contributed by atoms with Crippen LogP contribution >= 0.6 is 24.0 Å². The van der Waals surface area contributed by atoms with Gasteiger partial charge in [-0.25, -0.2) is 4.99 Å². The molecule has 0 radical (unpaired) electrons. The molecule has 7 nitrogen and oxygen atoms in total. The molecule has 2 aromatic rings. The van der Waals surface area contributed by atoms with E-state index in [4.69, 9.17) is 14.5 Å². The van der Waals surface area contributed by atoms with Gasteiger partial charge in [0.05, 0.1) is 32.0 Å². The molecule has 0 saturated heterocycles. The smallest absolute Gasteiger partial charge is 0.221 e. The van der Waals surface area contributed by atoms with Crippen molar-refractivity contribution in [3.63, 3.8) is 0 Å². The second-order valence-electron chi connectivity index (χ2n) is 8.05. The fourth-order valence-corrected chi connectivity index (χ4v) is 3.04. The van der Waals surface area contributed by atoms with E-state index < -0.39 is 0 Å². The monoisotopic (exact) mass is 568 g/mol. The third kappa shape index (κ3) is 9.89. The summed E-state index contributed by atoms with van der Waals surface area (Å²) in [5.41, 5.74) is 2.75. The van der Waals surface area contributed by atoms with Crippen LogP contribution in [0.1, 0.15) is 51.8 Å². The largest absolute Gasteiger partial charge is 0.495 e. The Morgan fingerprint density at radius 2 is 1.79 bits per heavy atom. The molecule has 0 aliphatic rings. The molecular formula is C25H37IN4O3. The van der Waals surface area contributed by atoms with Gasteiger partial charge in [0.2, 0.25) is 5.91 Å². The van der Waals surface area contributed by atoms with Crippen molar-refractivity contribution in [2.75, 3.05) is 25.6 Å². The first-order chi connectivity index (χ1) is 15.3. The van der Waals surface area contributed by atoms with Crippen molar-refractivity contribution in [2.45, 2.75) is 47.2 Å². The Labute approximate surface area is 214 Å². The predicted octanol–water partition coefficient (Wildman–Crippen LogP) is 5.12. The Morgan fingerprint density at radius 3 is 2.36 bits per heavy atom. The number of guanidine groups is 1. The van der Waals surface area contributed by atoms with E-state index in [9.17, 15) is 4.79 Å². The normalized spacial score (nSPS) is 11.9. The van der Waals surface area contributed by atoms with E-state index >= 15 is 0 Å². The van der Waals surface area contributed by atoms with Crippen molar-refractivity contribution in [3.05, 3.63) is 53.6 Å². The summed E-state index contributed by atoms with van der Waals surface area (Å²) in [5.74, 6) is 2.57. The minimum atomic E-state index is -0.145. The van der Waals surface area contributed by atoms with Gasteiger partial charge in [-0.05, 0) is 55.2 Å². The molecule has 8 heteroatoms. The van der Waals surface area contributed by atoms with Crippen LogP contribution in [0.2, 0.25) is 0 Å². The highest BCUT2D eigenvalue weighted by molar-refractivity contribution is 14.0. The molecule has 182 valence electrons. The van der Waals surface area contributed by atoms with E-state index in [1.807, 2.05) is 37.3 Å². The second-order valence-corrected chi connectivity index (χ2v) is 8.05. The van der Waals surface area contributed by atoms with Crippen LogP contribution in [0.15, 0.2) is 47.5 Å². The Morgan fingerprint density at radius 1 is 1.09 bits per heavy atom. The van der Waals surface area contributed by atoms with Gasteiger partial charge < -0.3 is 25.4 Å². The highest BCUT2D eigenvalue weighted by Gasteiger charge is 2.10. The average Bonchev–Trinajstić information content (AvgIpc) is 2.76. The molecule has 1 atom stereocenters. The van der Waals surface area contributed by atoms with Crippen molar-refractivity contribution >= 4 is 41.5 Å². The first kappa shape index (κ1) is 28.5. The lowest BCUT2D eigenvalue weighted by molar-refractivity contribution is -0.114. The molecule has 0 aliphatic heterocycles. The number of anilines is 1. The number of carbonyl (C=O) groups excluding carboxylic acids is 1. The molecule has 33 heavy (non-hydrogen) atoms. The quantitative estimate of drug-likeness (QED) is 0.211. The fraction of sp³-hybridized carbons (Fsp3) is 0.440. The Hall–Kier alpha value is -2.49. The summed E-state index contributed by atoms with van der Waals surface area (Å²) in [7, 11) is 1.58. The van der Waals surface area contributed by atoms with Crippen molar-refractivity contribution in [2.24, 2.45) is 10.9 Å². The van der Waals surface area contributed by atoms with E-state index in [2.05, 4.69) is 48.9 Å². The summed E-state index contributed by atoms with van der Waals surface area (Å²) in [6.45, 7) is 11.8. The third-order valence-corrected chi connectivity index (χ3v) is 4.66. The molecule has 1 unspecified atom stereocenters. The lowest BCUT2D eigenvalue weighted by Crippen LogP contribution is -2.38. The Balaban J connectivity index is 0.00000544. The maximum atomic E-state index is 11.5. The number of ether oxygens (including phenoxy) is 2.